The van der Waals surface area contributed by atoms with Crippen molar-refractivity contribution in [1.82, 2.24) is 10.6 Å². The van der Waals surface area contributed by atoms with Crippen molar-refractivity contribution in [2.75, 3.05) is 19.6 Å². The van der Waals surface area contributed by atoms with Crippen molar-refractivity contribution >= 4 is 0 Å². The molecule has 3 N–H and O–H groups in total. The number of hydrogen-bond acceptors (Lipinski definition) is 3. The Morgan fingerprint density at radius 2 is 2.33 bits per heavy atom. The molecule has 0 aliphatic carbocycles. The van der Waals surface area contributed by atoms with Gasteiger partial charge >= 0.3 is 0 Å². The largest absolute Gasteiger partial charge is 0.375 e. The zero-order valence-electron chi connectivity index (χ0n) is 5.78. The highest BCUT2D eigenvalue weighted by molar-refractivity contribution is 4.80. The van der Waals surface area contributed by atoms with E-state index < -0.39 is 5.72 Å². The molecule has 0 aromatic carbocycles. The lowest BCUT2D eigenvalue weighted by molar-refractivity contribution is -0.00956. The van der Waals surface area contributed by atoms with Crippen molar-refractivity contribution in [3.05, 3.63) is 0 Å². The van der Waals surface area contributed by atoms with E-state index in [1.54, 1.807) is 0 Å². The monoisotopic (exact) mass is 130 g/mol. The fourth-order valence-corrected chi connectivity index (χ4v) is 0.991. The lowest BCUT2D eigenvalue weighted by Gasteiger charge is -2.32. The van der Waals surface area contributed by atoms with Crippen LogP contribution in [0.2, 0.25) is 0 Å². The number of aliphatic hydroxyl groups is 1. The zero-order valence-corrected chi connectivity index (χ0v) is 5.78. The van der Waals surface area contributed by atoms with Crippen molar-refractivity contribution in [3.63, 3.8) is 0 Å². The summed E-state index contributed by atoms with van der Waals surface area (Å²) < 4.78 is 0. The second-order valence-electron chi connectivity index (χ2n) is 2.49. The van der Waals surface area contributed by atoms with Gasteiger partial charge in [-0.1, -0.05) is 6.92 Å². The number of piperazine rings is 1. The van der Waals surface area contributed by atoms with E-state index in [1.165, 1.54) is 0 Å². The number of hydrogen-bond donors (Lipinski definition) is 3. The summed E-state index contributed by atoms with van der Waals surface area (Å²) >= 11 is 0. The quantitative estimate of drug-likeness (QED) is 0.439. The molecule has 1 saturated heterocycles. The van der Waals surface area contributed by atoms with Gasteiger partial charge in [0.25, 0.3) is 0 Å². The van der Waals surface area contributed by atoms with Crippen molar-refractivity contribution in [2.45, 2.75) is 19.1 Å². The van der Waals surface area contributed by atoms with Gasteiger partial charge in [-0.2, -0.15) is 0 Å². The fourth-order valence-electron chi connectivity index (χ4n) is 0.991. The number of nitrogens with one attached hydrogen (secondary N) is 2. The van der Waals surface area contributed by atoms with Crippen LogP contribution in [0.15, 0.2) is 0 Å². The molecule has 0 amide bonds. The third-order valence-corrected chi connectivity index (χ3v) is 1.76. The Labute approximate surface area is 55.5 Å². The van der Waals surface area contributed by atoms with Crippen LogP contribution in [-0.2, 0) is 0 Å². The second kappa shape index (κ2) is 2.64. The molecular weight excluding hydrogens is 116 g/mol. The molecule has 0 radical (unpaired) electrons. The Kier molecular flexibility index (Phi) is 2.05. The lowest BCUT2D eigenvalue weighted by Crippen LogP contribution is -2.58. The van der Waals surface area contributed by atoms with Crippen LogP contribution in [0, 0.1) is 0 Å². The van der Waals surface area contributed by atoms with Crippen molar-refractivity contribution in [3.8, 4) is 0 Å². The summed E-state index contributed by atoms with van der Waals surface area (Å²) in [6.07, 6.45) is 0.764. The van der Waals surface area contributed by atoms with E-state index in [0.29, 0.717) is 6.54 Å². The molecule has 0 spiro atoms. The minimum Gasteiger partial charge on any atom is -0.375 e. The molecule has 9 heavy (non-hydrogen) atoms. The second-order valence-corrected chi connectivity index (χ2v) is 2.49. The molecule has 0 bridgehead atoms. The summed E-state index contributed by atoms with van der Waals surface area (Å²) in [5.74, 6) is 0. The topological polar surface area (TPSA) is 44.3 Å². The molecule has 0 aromatic rings. The van der Waals surface area contributed by atoms with Gasteiger partial charge < -0.3 is 10.4 Å². The van der Waals surface area contributed by atoms with Gasteiger partial charge in [0, 0.05) is 19.6 Å². The highest BCUT2D eigenvalue weighted by atomic mass is 16.3. The Morgan fingerprint density at radius 3 is 2.67 bits per heavy atom. The SMILES string of the molecule is CCC1(O)CNCCN1. The van der Waals surface area contributed by atoms with Gasteiger partial charge in [0.1, 0.15) is 5.72 Å². The van der Waals surface area contributed by atoms with Gasteiger partial charge in [0.05, 0.1) is 0 Å². The molecule has 1 fully saturated rings. The maximum absolute atomic E-state index is 9.51. The van der Waals surface area contributed by atoms with Gasteiger partial charge in [0.2, 0.25) is 0 Å². The van der Waals surface area contributed by atoms with Gasteiger partial charge in [-0.15, -0.1) is 0 Å². The Balaban J connectivity index is 2.37. The van der Waals surface area contributed by atoms with Gasteiger partial charge in [-0.3, -0.25) is 5.32 Å². The van der Waals surface area contributed by atoms with Crippen LogP contribution in [0.4, 0.5) is 0 Å². The molecule has 1 unspecified atom stereocenters. The molecule has 3 nitrogen and oxygen atoms in total. The van der Waals surface area contributed by atoms with Gasteiger partial charge in [0.15, 0.2) is 0 Å². The van der Waals surface area contributed by atoms with Crippen LogP contribution >= 0.6 is 0 Å². The van der Waals surface area contributed by atoms with Crippen LogP contribution in [-0.4, -0.2) is 30.5 Å². The summed E-state index contributed by atoms with van der Waals surface area (Å²) in [6.45, 7) is 4.47. The van der Waals surface area contributed by atoms with Gasteiger partial charge in [-0.25, -0.2) is 0 Å². The molecule has 1 heterocycles. The smallest absolute Gasteiger partial charge is 0.128 e. The first-order valence-electron chi connectivity index (χ1n) is 3.45. The minimum absolute atomic E-state index is 0.641. The van der Waals surface area contributed by atoms with Crippen LogP contribution in [0.1, 0.15) is 13.3 Å². The molecule has 1 aliphatic rings. The van der Waals surface area contributed by atoms with E-state index in [2.05, 4.69) is 10.6 Å². The van der Waals surface area contributed by atoms with Gasteiger partial charge in [-0.05, 0) is 6.42 Å². The normalized spacial score (nSPS) is 36.7. The predicted octanol–water partition coefficient (Wildman–Crippen LogP) is -0.722. The molecule has 3 heteroatoms. The summed E-state index contributed by atoms with van der Waals surface area (Å²) in [4.78, 5) is 0. The predicted molar refractivity (Wildman–Crippen MR) is 36.1 cm³/mol. The average Bonchev–Trinajstić information content (AvgIpc) is 1.90. The molecule has 1 rings (SSSR count). The van der Waals surface area contributed by atoms with E-state index in [9.17, 15) is 5.11 Å². The lowest BCUT2D eigenvalue weighted by atomic mass is 10.1. The molecule has 54 valence electrons. The minimum atomic E-state index is -0.641. The highest BCUT2D eigenvalue weighted by Crippen LogP contribution is 2.04. The van der Waals surface area contributed by atoms with Crippen LogP contribution in [0.5, 0.6) is 0 Å². The first-order chi connectivity index (χ1) is 4.27. The summed E-state index contributed by atoms with van der Waals surface area (Å²) in [5, 5.41) is 15.7. The van der Waals surface area contributed by atoms with Crippen molar-refractivity contribution in [1.29, 1.82) is 0 Å². The van der Waals surface area contributed by atoms with E-state index in [-0.39, 0.29) is 0 Å². The van der Waals surface area contributed by atoms with Crippen molar-refractivity contribution < 1.29 is 5.11 Å². The van der Waals surface area contributed by atoms with E-state index in [4.69, 9.17) is 0 Å². The van der Waals surface area contributed by atoms with Crippen LogP contribution in [0.3, 0.4) is 0 Å². The Bertz CT molecular complexity index is 89.1. The molecule has 0 aromatic heterocycles. The first-order valence-corrected chi connectivity index (χ1v) is 3.45. The number of rotatable bonds is 1. The summed E-state index contributed by atoms with van der Waals surface area (Å²) in [5.41, 5.74) is -0.641. The van der Waals surface area contributed by atoms with E-state index in [1.807, 2.05) is 6.92 Å². The maximum Gasteiger partial charge on any atom is 0.128 e. The third-order valence-electron chi connectivity index (χ3n) is 1.76. The standard InChI is InChI=1S/C6H14N2O/c1-2-6(9)5-7-3-4-8-6/h7-9H,2-5H2,1H3. The van der Waals surface area contributed by atoms with E-state index >= 15 is 0 Å². The average molecular weight is 130 g/mol. The third kappa shape index (κ3) is 1.64. The Morgan fingerprint density at radius 1 is 1.56 bits per heavy atom. The van der Waals surface area contributed by atoms with E-state index in [0.717, 1.165) is 19.5 Å². The Hall–Kier alpha value is -0.120. The van der Waals surface area contributed by atoms with Crippen LogP contribution < -0.4 is 10.6 Å². The van der Waals surface area contributed by atoms with Crippen molar-refractivity contribution in [2.24, 2.45) is 0 Å². The highest BCUT2D eigenvalue weighted by Gasteiger charge is 2.25. The molecule has 1 atom stereocenters. The molecule has 0 saturated carbocycles. The maximum atomic E-state index is 9.51. The van der Waals surface area contributed by atoms with Crippen LogP contribution in [0.25, 0.3) is 0 Å². The zero-order chi connectivity index (χ0) is 6.74. The molecule has 1 aliphatic heterocycles. The summed E-state index contributed by atoms with van der Waals surface area (Å²) in [6, 6.07) is 0. The number of β-amino-alcohol motifs (C(OH)–C–C–N with tert-alkyl or cyclic N) is 1. The molecular formula is C6H14N2O. The fraction of sp³-hybridized carbons (Fsp3) is 1.00. The summed E-state index contributed by atoms with van der Waals surface area (Å²) in [7, 11) is 0. The first kappa shape index (κ1) is 6.99.